The van der Waals surface area contributed by atoms with E-state index in [1.165, 1.54) is 22.2 Å². The van der Waals surface area contributed by atoms with Gasteiger partial charge in [0.2, 0.25) is 0 Å². The smallest absolute Gasteiger partial charge is 0.169 e. The number of para-hydroxylation sites is 1. The highest BCUT2D eigenvalue weighted by Gasteiger charge is 2.31. The fourth-order valence-corrected chi connectivity index (χ4v) is 3.40. The molecule has 3 heteroatoms. The summed E-state index contributed by atoms with van der Waals surface area (Å²) in [4.78, 5) is 8.58. The van der Waals surface area contributed by atoms with Crippen LogP contribution in [0.1, 0.15) is 20.3 Å². The lowest BCUT2D eigenvalue weighted by Crippen LogP contribution is -2.35. The number of fused-ring (bicyclic) bond motifs is 3. The van der Waals surface area contributed by atoms with E-state index in [0.717, 1.165) is 6.54 Å². The van der Waals surface area contributed by atoms with Gasteiger partial charge in [-0.3, -0.25) is 4.99 Å². The Morgan fingerprint density at radius 2 is 2.19 bits per heavy atom. The Labute approximate surface area is 101 Å². The van der Waals surface area contributed by atoms with Crippen molar-refractivity contribution in [2.75, 3.05) is 11.4 Å². The van der Waals surface area contributed by atoms with Crippen LogP contribution in [0.15, 0.2) is 34.2 Å². The first-order chi connectivity index (χ1) is 7.75. The molecule has 0 fully saturated rings. The normalized spacial score (nSPS) is 23.1. The summed E-state index contributed by atoms with van der Waals surface area (Å²) in [5.74, 6) is 0.652. The lowest BCUT2D eigenvalue weighted by Gasteiger charge is -2.29. The van der Waals surface area contributed by atoms with E-state index in [1.807, 2.05) is 11.8 Å². The average Bonchev–Trinajstić information content (AvgIpc) is 2.66. The molecule has 0 radical (unpaired) electrons. The average molecular weight is 232 g/mol. The van der Waals surface area contributed by atoms with Gasteiger partial charge in [-0.15, -0.1) is 0 Å². The predicted octanol–water partition coefficient (Wildman–Crippen LogP) is 3.38. The monoisotopic (exact) mass is 232 g/mol. The quantitative estimate of drug-likeness (QED) is 0.737. The summed E-state index contributed by atoms with van der Waals surface area (Å²) in [6, 6.07) is 9.10. The summed E-state index contributed by atoms with van der Waals surface area (Å²) >= 11 is 1.82. The van der Waals surface area contributed by atoms with Gasteiger partial charge in [-0.2, -0.15) is 0 Å². The van der Waals surface area contributed by atoms with E-state index in [0.29, 0.717) is 12.0 Å². The zero-order chi connectivity index (χ0) is 11.1. The highest BCUT2D eigenvalue weighted by atomic mass is 32.2. The molecule has 0 bridgehead atoms. The van der Waals surface area contributed by atoms with Crippen molar-refractivity contribution in [2.24, 2.45) is 10.9 Å². The van der Waals surface area contributed by atoms with Crippen LogP contribution in [-0.4, -0.2) is 17.8 Å². The number of nitrogens with zero attached hydrogens (tertiary/aromatic N) is 2. The number of amidine groups is 1. The van der Waals surface area contributed by atoms with Crippen molar-refractivity contribution in [1.82, 2.24) is 0 Å². The van der Waals surface area contributed by atoms with Crippen LogP contribution in [0.2, 0.25) is 0 Å². The van der Waals surface area contributed by atoms with E-state index < -0.39 is 0 Å². The molecule has 0 amide bonds. The number of hydrogen-bond donors (Lipinski definition) is 0. The van der Waals surface area contributed by atoms with Gasteiger partial charge < -0.3 is 4.90 Å². The summed E-state index contributed by atoms with van der Waals surface area (Å²) in [7, 11) is 0. The maximum atomic E-state index is 4.86. The largest absolute Gasteiger partial charge is 0.320 e. The van der Waals surface area contributed by atoms with E-state index in [4.69, 9.17) is 4.99 Å². The molecule has 1 aromatic rings. The molecular weight excluding hydrogens is 216 g/mol. The molecule has 2 aliphatic rings. The minimum Gasteiger partial charge on any atom is -0.320 e. The summed E-state index contributed by atoms with van der Waals surface area (Å²) in [6.07, 6.45) is 1.18. The number of aliphatic imine (C=N–C) groups is 1. The summed E-state index contributed by atoms with van der Waals surface area (Å²) in [6.45, 7) is 5.64. The van der Waals surface area contributed by atoms with Crippen LogP contribution in [-0.2, 0) is 0 Å². The second-order valence-electron chi connectivity index (χ2n) is 4.73. The van der Waals surface area contributed by atoms with E-state index >= 15 is 0 Å². The molecular formula is C13H16N2S. The molecule has 0 saturated heterocycles. The van der Waals surface area contributed by atoms with Crippen molar-refractivity contribution in [1.29, 1.82) is 0 Å². The van der Waals surface area contributed by atoms with Crippen molar-refractivity contribution in [3.63, 3.8) is 0 Å². The van der Waals surface area contributed by atoms with Crippen LogP contribution in [0.3, 0.4) is 0 Å². The van der Waals surface area contributed by atoms with E-state index in [9.17, 15) is 0 Å². The zero-order valence-electron chi connectivity index (χ0n) is 9.68. The van der Waals surface area contributed by atoms with E-state index in [2.05, 4.69) is 43.0 Å². The molecule has 1 aromatic carbocycles. The highest BCUT2D eigenvalue weighted by Crippen LogP contribution is 2.42. The zero-order valence-corrected chi connectivity index (χ0v) is 10.5. The molecule has 2 heterocycles. The number of anilines is 1. The lowest BCUT2D eigenvalue weighted by molar-refractivity contribution is 0.461. The van der Waals surface area contributed by atoms with E-state index in [-0.39, 0.29) is 0 Å². The first-order valence-corrected chi connectivity index (χ1v) is 6.69. The molecule has 2 nitrogen and oxygen atoms in total. The van der Waals surface area contributed by atoms with Gasteiger partial charge >= 0.3 is 0 Å². The Bertz CT molecular complexity index is 439. The van der Waals surface area contributed by atoms with Crippen molar-refractivity contribution in [3.05, 3.63) is 24.3 Å². The van der Waals surface area contributed by atoms with Crippen molar-refractivity contribution < 1.29 is 0 Å². The Kier molecular flexibility index (Phi) is 2.43. The van der Waals surface area contributed by atoms with Crippen LogP contribution >= 0.6 is 11.8 Å². The van der Waals surface area contributed by atoms with Crippen LogP contribution in [0.4, 0.5) is 5.69 Å². The molecule has 0 aromatic heterocycles. The molecule has 2 aliphatic heterocycles. The third-order valence-electron chi connectivity index (χ3n) is 3.28. The minimum atomic E-state index is 0.507. The van der Waals surface area contributed by atoms with Gasteiger partial charge in [-0.05, 0) is 36.2 Å². The second-order valence-corrected chi connectivity index (χ2v) is 5.74. The first-order valence-electron chi connectivity index (χ1n) is 5.88. The fraction of sp³-hybridized carbons (Fsp3) is 0.462. The van der Waals surface area contributed by atoms with Gasteiger partial charge in [0, 0.05) is 11.4 Å². The summed E-state index contributed by atoms with van der Waals surface area (Å²) in [5, 5.41) is 1.20. The third kappa shape index (κ3) is 1.54. The van der Waals surface area contributed by atoms with Crippen molar-refractivity contribution in [2.45, 2.75) is 31.2 Å². The Hall–Kier alpha value is -0.960. The first kappa shape index (κ1) is 10.2. The molecule has 0 N–H and O–H groups in total. The van der Waals surface area contributed by atoms with Gasteiger partial charge in [0.1, 0.15) is 0 Å². The number of hydrogen-bond acceptors (Lipinski definition) is 3. The van der Waals surface area contributed by atoms with Crippen LogP contribution in [0, 0.1) is 5.92 Å². The van der Waals surface area contributed by atoms with Gasteiger partial charge in [-0.25, -0.2) is 0 Å². The second kappa shape index (κ2) is 3.81. The minimum absolute atomic E-state index is 0.507. The maximum Gasteiger partial charge on any atom is 0.169 e. The van der Waals surface area contributed by atoms with Gasteiger partial charge in [0.05, 0.1) is 11.7 Å². The molecule has 84 valence electrons. The highest BCUT2D eigenvalue weighted by molar-refractivity contribution is 8.14. The lowest BCUT2D eigenvalue weighted by atomic mass is 10.0. The standard InChI is InChI=1S/C13H16N2S/c1-9(2)10-7-8-15-11-5-3-4-6-12(11)16-13(15)14-10/h3-6,9-10H,7-8H2,1-2H3/t10-/m1/s1. The summed E-state index contributed by atoms with van der Waals surface area (Å²) < 4.78 is 0. The van der Waals surface area contributed by atoms with Crippen molar-refractivity contribution >= 4 is 22.6 Å². The van der Waals surface area contributed by atoms with Crippen LogP contribution in [0.5, 0.6) is 0 Å². The molecule has 0 saturated carbocycles. The molecule has 16 heavy (non-hydrogen) atoms. The number of thioether (sulfide) groups is 1. The molecule has 0 spiro atoms. The Balaban J connectivity index is 1.95. The third-order valence-corrected chi connectivity index (χ3v) is 4.36. The van der Waals surface area contributed by atoms with Crippen LogP contribution < -0.4 is 4.90 Å². The SMILES string of the molecule is CC(C)[C@H]1CCN2C(=N1)Sc1ccccc12. The molecule has 0 aliphatic carbocycles. The van der Waals surface area contributed by atoms with Gasteiger partial charge in [0.15, 0.2) is 5.17 Å². The fourth-order valence-electron chi connectivity index (χ4n) is 2.29. The topological polar surface area (TPSA) is 15.6 Å². The molecule has 0 unspecified atom stereocenters. The molecule has 3 rings (SSSR count). The Morgan fingerprint density at radius 3 is 3.00 bits per heavy atom. The Morgan fingerprint density at radius 1 is 1.38 bits per heavy atom. The van der Waals surface area contributed by atoms with Gasteiger partial charge in [-0.1, -0.05) is 26.0 Å². The van der Waals surface area contributed by atoms with Gasteiger partial charge in [0.25, 0.3) is 0 Å². The molecule has 1 atom stereocenters. The maximum absolute atomic E-state index is 4.86. The predicted molar refractivity (Wildman–Crippen MR) is 70.3 cm³/mol. The summed E-state index contributed by atoms with van der Waals surface area (Å²) in [5.41, 5.74) is 1.34. The van der Waals surface area contributed by atoms with Crippen molar-refractivity contribution in [3.8, 4) is 0 Å². The number of rotatable bonds is 1. The number of benzene rings is 1. The van der Waals surface area contributed by atoms with E-state index in [1.54, 1.807) is 0 Å². The van der Waals surface area contributed by atoms with Crippen LogP contribution in [0.25, 0.3) is 0 Å².